The van der Waals surface area contributed by atoms with Gasteiger partial charge >= 0.3 is 0 Å². The van der Waals surface area contributed by atoms with Crippen LogP contribution in [0.4, 0.5) is 0 Å². The Kier molecular flexibility index (Phi) is 5.62. The van der Waals surface area contributed by atoms with Gasteiger partial charge in [0.2, 0.25) is 0 Å². The summed E-state index contributed by atoms with van der Waals surface area (Å²) in [6.07, 6.45) is 0. The molecule has 0 aliphatic rings. The summed E-state index contributed by atoms with van der Waals surface area (Å²) in [5, 5.41) is 0. The van der Waals surface area contributed by atoms with Gasteiger partial charge in [-0.3, -0.25) is 10.2 Å². The molecule has 130 valence electrons. The molecule has 0 aliphatic heterocycles. The summed E-state index contributed by atoms with van der Waals surface area (Å²) in [6.45, 7) is 6.04. The highest BCUT2D eigenvalue weighted by atomic mass is 32.2. The first-order chi connectivity index (χ1) is 11.7. The lowest BCUT2D eigenvalue weighted by Gasteiger charge is -2.08. The molecule has 0 heterocycles. The molecule has 6 heteroatoms. The van der Waals surface area contributed by atoms with Gasteiger partial charge in [-0.2, -0.15) is 0 Å². The average Bonchev–Trinajstić information content (AvgIpc) is 2.58. The Hall–Kier alpha value is -2.62. The van der Waals surface area contributed by atoms with Crippen molar-refractivity contribution in [3.8, 4) is 11.8 Å². The fourth-order valence-corrected chi connectivity index (χ4v) is 2.67. The predicted molar refractivity (Wildman–Crippen MR) is 97.0 cm³/mol. The first-order valence-electron chi connectivity index (χ1n) is 7.68. The van der Waals surface area contributed by atoms with Crippen molar-refractivity contribution in [3.05, 3.63) is 65.7 Å². The molecule has 0 unspecified atom stereocenters. The van der Waals surface area contributed by atoms with E-state index in [2.05, 4.69) is 22.1 Å². The van der Waals surface area contributed by atoms with E-state index >= 15 is 0 Å². The number of nitrogens with one attached hydrogen (secondary N) is 2. The molecule has 2 aromatic carbocycles. The summed E-state index contributed by atoms with van der Waals surface area (Å²) in [7, 11) is -3.80. The smallest absolute Gasteiger partial charge is 0.266 e. The summed E-state index contributed by atoms with van der Waals surface area (Å²) >= 11 is 0. The summed E-state index contributed by atoms with van der Waals surface area (Å²) < 4.78 is 24.1. The van der Waals surface area contributed by atoms with Gasteiger partial charge in [-0.1, -0.05) is 30.0 Å². The third kappa shape index (κ3) is 5.75. The van der Waals surface area contributed by atoms with Crippen molar-refractivity contribution in [2.75, 3.05) is 0 Å². The third-order valence-electron chi connectivity index (χ3n) is 3.08. The van der Waals surface area contributed by atoms with Crippen LogP contribution in [0.15, 0.2) is 59.5 Å². The van der Waals surface area contributed by atoms with Gasteiger partial charge in [-0.05, 0) is 57.2 Å². The highest BCUT2D eigenvalue weighted by Gasteiger charge is 2.15. The minimum atomic E-state index is -3.80. The number of benzene rings is 2. The molecule has 0 atom stereocenters. The molecule has 25 heavy (non-hydrogen) atoms. The van der Waals surface area contributed by atoms with E-state index in [1.54, 1.807) is 42.5 Å². The number of hydrogen-bond donors (Lipinski definition) is 2. The van der Waals surface area contributed by atoms with E-state index in [0.29, 0.717) is 5.56 Å². The molecule has 0 fully saturated rings. The zero-order valence-corrected chi connectivity index (χ0v) is 15.1. The fourth-order valence-electron chi connectivity index (χ4n) is 1.81. The number of amides is 1. The highest BCUT2D eigenvalue weighted by molar-refractivity contribution is 7.89. The van der Waals surface area contributed by atoms with Crippen LogP contribution in [0.5, 0.6) is 0 Å². The second-order valence-corrected chi connectivity index (χ2v) is 8.13. The van der Waals surface area contributed by atoms with Crippen LogP contribution in [0.2, 0.25) is 0 Å². The van der Waals surface area contributed by atoms with Crippen LogP contribution >= 0.6 is 0 Å². The molecule has 0 aliphatic carbocycles. The van der Waals surface area contributed by atoms with Gasteiger partial charge in [0.1, 0.15) is 0 Å². The molecular formula is C19H20N2O3S. The van der Waals surface area contributed by atoms with E-state index in [4.69, 9.17) is 0 Å². The zero-order valence-electron chi connectivity index (χ0n) is 14.3. The summed E-state index contributed by atoms with van der Waals surface area (Å²) in [5.74, 6) is 5.60. The molecule has 0 spiro atoms. The second kappa shape index (κ2) is 7.51. The number of hydrogen-bond acceptors (Lipinski definition) is 3. The summed E-state index contributed by atoms with van der Waals surface area (Å²) in [5.41, 5.74) is 3.21. The van der Waals surface area contributed by atoms with Gasteiger partial charge in [0.15, 0.2) is 0 Å². The Morgan fingerprint density at radius 3 is 2.12 bits per heavy atom. The fraction of sp³-hybridized carbons (Fsp3) is 0.211. The quantitative estimate of drug-likeness (QED) is 0.653. The van der Waals surface area contributed by atoms with Crippen molar-refractivity contribution in [2.45, 2.75) is 25.7 Å². The molecule has 0 saturated carbocycles. The van der Waals surface area contributed by atoms with Crippen LogP contribution in [0.3, 0.4) is 0 Å². The predicted octanol–water partition coefficient (Wildman–Crippen LogP) is 2.71. The van der Waals surface area contributed by atoms with E-state index in [1.807, 2.05) is 20.8 Å². The monoisotopic (exact) mass is 356 g/mol. The van der Waals surface area contributed by atoms with Gasteiger partial charge in [0.05, 0.1) is 4.90 Å². The number of carbonyl (C=O) groups is 1. The van der Waals surface area contributed by atoms with Crippen molar-refractivity contribution in [1.29, 1.82) is 0 Å². The van der Waals surface area contributed by atoms with Crippen molar-refractivity contribution >= 4 is 15.9 Å². The van der Waals surface area contributed by atoms with E-state index < -0.39 is 15.9 Å². The Labute approximate surface area is 148 Å². The zero-order chi connectivity index (χ0) is 18.5. The summed E-state index contributed by atoms with van der Waals surface area (Å²) in [6, 6.07) is 14.4. The van der Waals surface area contributed by atoms with Gasteiger partial charge in [0.25, 0.3) is 15.9 Å². The van der Waals surface area contributed by atoms with Crippen LogP contribution in [0, 0.1) is 17.3 Å². The maximum absolute atomic E-state index is 12.1. The standard InChI is InChI=1S/C19H20N2O3S/c1-19(2,3)14-13-15-9-11-16(12-10-15)18(22)20-21-25(23,24)17-7-5-4-6-8-17/h4-12,21H,1-3H3,(H,20,22). The molecule has 0 bridgehead atoms. The highest BCUT2D eigenvalue weighted by Crippen LogP contribution is 2.11. The summed E-state index contributed by atoms with van der Waals surface area (Å²) in [4.78, 5) is 14.2. The molecule has 2 rings (SSSR count). The SMILES string of the molecule is CC(C)(C)C#Cc1ccc(C(=O)NNS(=O)(=O)c2ccccc2)cc1. The lowest BCUT2D eigenvalue weighted by molar-refractivity contribution is 0.0945. The second-order valence-electron chi connectivity index (χ2n) is 6.45. The van der Waals surface area contributed by atoms with Gasteiger partial charge in [-0.25, -0.2) is 8.42 Å². The molecule has 0 aromatic heterocycles. The van der Waals surface area contributed by atoms with Crippen LogP contribution in [0.25, 0.3) is 0 Å². The number of carbonyl (C=O) groups excluding carboxylic acids is 1. The van der Waals surface area contributed by atoms with Crippen LogP contribution in [-0.4, -0.2) is 14.3 Å². The Bertz CT molecular complexity index is 901. The van der Waals surface area contributed by atoms with E-state index in [9.17, 15) is 13.2 Å². The maximum Gasteiger partial charge on any atom is 0.266 e. The molecule has 2 aromatic rings. The molecule has 1 amide bonds. The third-order valence-corrected chi connectivity index (χ3v) is 4.34. The number of rotatable bonds is 4. The molecule has 0 saturated heterocycles. The minimum absolute atomic E-state index is 0.0723. The molecule has 2 N–H and O–H groups in total. The first kappa shape index (κ1) is 18.7. The van der Waals surface area contributed by atoms with Crippen LogP contribution in [-0.2, 0) is 10.0 Å². The average molecular weight is 356 g/mol. The minimum Gasteiger partial charge on any atom is -0.273 e. The molecule has 0 radical (unpaired) electrons. The molecular weight excluding hydrogens is 336 g/mol. The van der Waals surface area contributed by atoms with E-state index in [1.165, 1.54) is 12.1 Å². The first-order valence-corrected chi connectivity index (χ1v) is 9.16. The normalized spacial score (nSPS) is 11.3. The number of sulfonamides is 1. The van der Waals surface area contributed by atoms with Crippen LogP contribution < -0.4 is 10.3 Å². The largest absolute Gasteiger partial charge is 0.273 e. The van der Waals surface area contributed by atoms with Crippen molar-refractivity contribution < 1.29 is 13.2 Å². The number of hydrazine groups is 1. The topological polar surface area (TPSA) is 75.3 Å². The lowest BCUT2D eigenvalue weighted by atomic mass is 9.97. The van der Waals surface area contributed by atoms with E-state index in [-0.39, 0.29) is 10.3 Å². The Morgan fingerprint density at radius 2 is 1.56 bits per heavy atom. The van der Waals surface area contributed by atoms with Crippen LogP contribution in [0.1, 0.15) is 36.7 Å². The Balaban J connectivity index is 2.03. The van der Waals surface area contributed by atoms with Gasteiger partial charge < -0.3 is 0 Å². The Morgan fingerprint density at radius 1 is 0.960 bits per heavy atom. The van der Waals surface area contributed by atoms with Gasteiger partial charge in [0, 0.05) is 16.5 Å². The maximum atomic E-state index is 12.1. The molecule has 5 nitrogen and oxygen atoms in total. The van der Waals surface area contributed by atoms with E-state index in [0.717, 1.165) is 5.56 Å². The lowest BCUT2D eigenvalue weighted by Crippen LogP contribution is -2.41. The van der Waals surface area contributed by atoms with Gasteiger partial charge in [-0.15, -0.1) is 4.83 Å². The van der Waals surface area contributed by atoms with Crippen molar-refractivity contribution in [3.63, 3.8) is 0 Å². The van der Waals surface area contributed by atoms with Crippen molar-refractivity contribution in [1.82, 2.24) is 10.3 Å². The van der Waals surface area contributed by atoms with Crippen molar-refractivity contribution in [2.24, 2.45) is 5.41 Å².